The van der Waals surface area contributed by atoms with Crippen LogP contribution in [0.15, 0.2) is 12.5 Å². The minimum absolute atomic E-state index is 0.0711. The number of fused-ring (bicyclic) bond motifs is 1. The third kappa shape index (κ3) is 1.34. The van der Waals surface area contributed by atoms with Gasteiger partial charge >= 0.3 is 0 Å². The number of aromatic nitrogens is 4. The van der Waals surface area contributed by atoms with Crippen LogP contribution in [0.5, 0.6) is 0 Å². The molecule has 0 bridgehead atoms. The Balaban J connectivity index is 2.52. The molecular formula is C8H11N5O. The Hall–Kier alpha value is -1.85. The summed E-state index contributed by atoms with van der Waals surface area (Å²) in [5, 5.41) is 7.43. The summed E-state index contributed by atoms with van der Waals surface area (Å²) >= 11 is 0. The molecule has 74 valence electrons. The first-order valence-electron chi connectivity index (χ1n) is 4.30. The number of imidazole rings is 1. The highest BCUT2D eigenvalue weighted by Gasteiger charge is 2.08. The fraction of sp³-hybridized carbons (Fsp3) is 0.375. The van der Waals surface area contributed by atoms with Crippen LogP contribution in [0.3, 0.4) is 0 Å². The molecule has 0 aliphatic heterocycles. The fourth-order valence-electron chi connectivity index (χ4n) is 1.16. The molecule has 2 aromatic heterocycles. The van der Waals surface area contributed by atoms with Crippen molar-refractivity contribution in [1.82, 2.24) is 19.9 Å². The van der Waals surface area contributed by atoms with Crippen molar-refractivity contribution in [3.63, 3.8) is 0 Å². The van der Waals surface area contributed by atoms with Crippen LogP contribution >= 0.6 is 0 Å². The summed E-state index contributed by atoms with van der Waals surface area (Å²) in [5.41, 5.74) is 6.94. The second-order valence-electron chi connectivity index (χ2n) is 3.19. The SMILES string of the molecule is CC(C)On1cnc2c(N)nncc21. The standard InChI is InChI=1S/C8H11N5O/c1-5(2)14-13-4-10-7-6(13)3-11-12-8(7)9/h3-5H,1-2H3,(H2,9,12). The van der Waals surface area contributed by atoms with Crippen molar-refractivity contribution < 1.29 is 4.84 Å². The molecule has 6 nitrogen and oxygen atoms in total. The van der Waals surface area contributed by atoms with Crippen molar-refractivity contribution in [2.24, 2.45) is 0 Å². The molecule has 0 aromatic carbocycles. The number of anilines is 1. The average molecular weight is 193 g/mol. The fourth-order valence-corrected chi connectivity index (χ4v) is 1.16. The maximum absolute atomic E-state index is 5.60. The molecule has 0 fully saturated rings. The normalized spacial score (nSPS) is 11.1. The molecular weight excluding hydrogens is 182 g/mol. The van der Waals surface area contributed by atoms with Crippen LogP contribution < -0.4 is 10.6 Å². The van der Waals surface area contributed by atoms with E-state index in [2.05, 4.69) is 15.2 Å². The van der Waals surface area contributed by atoms with Crippen LogP contribution in [0, 0.1) is 0 Å². The van der Waals surface area contributed by atoms with Crippen LogP contribution in [0.2, 0.25) is 0 Å². The number of nitrogen functional groups attached to an aromatic ring is 1. The third-order valence-electron chi connectivity index (χ3n) is 1.68. The summed E-state index contributed by atoms with van der Waals surface area (Å²) in [5.74, 6) is 0.314. The minimum Gasteiger partial charge on any atom is -0.410 e. The smallest absolute Gasteiger partial charge is 0.174 e. The highest BCUT2D eigenvalue weighted by Crippen LogP contribution is 2.14. The Bertz CT molecular complexity index is 450. The predicted octanol–water partition coefficient (Wildman–Crippen LogP) is 0.245. The highest BCUT2D eigenvalue weighted by atomic mass is 16.7. The summed E-state index contributed by atoms with van der Waals surface area (Å²) in [6, 6.07) is 0. The van der Waals surface area contributed by atoms with Gasteiger partial charge < -0.3 is 10.6 Å². The van der Waals surface area contributed by atoms with Gasteiger partial charge in [0, 0.05) is 0 Å². The van der Waals surface area contributed by atoms with Crippen LogP contribution in [-0.4, -0.2) is 26.0 Å². The van der Waals surface area contributed by atoms with Gasteiger partial charge in [-0.25, -0.2) is 4.98 Å². The van der Waals surface area contributed by atoms with Gasteiger partial charge in [-0.3, -0.25) is 0 Å². The van der Waals surface area contributed by atoms with E-state index in [1.165, 1.54) is 0 Å². The Morgan fingerprint density at radius 3 is 3.00 bits per heavy atom. The lowest BCUT2D eigenvalue weighted by molar-refractivity contribution is 0.0673. The molecule has 0 amide bonds. The Morgan fingerprint density at radius 2 is 2.29 bits per heavy atom. The molecule has 0 saturated carbocycles. The van der Waals surface area contributed by atoms with Gasteiger partial charge in [-0.1, -0.05) is 0 Å². The van der Waals surface area contributed by atoms with E-state index in [9.17, 15) is 0 Å². The Labute approximate surface area is 80.7 Å². The highest BCUT2D eigenvalue weighted by molar-refractivity contribution is 5.83. The second-order valence-corrected chi connectivity index (χ2v) is 3.19. The molecule has 14 heavy (non-hydrogen) atoms. The van der Waals surface area contributed by atoms with Gasteiger partial charge in [0.25, 0.3) is 0 Å². The quantitative estimate of drug-likeness (QED) is 0.739. The molecule has 0 aliphatic rings. The molecule has 6 heteroatoms. The van der Waals surface area contributed by atoms with Crippen LogP contribution in [-0.2, 0) is 0 Å². The zero-order valence-corrected chi connectivity index (χ0v) is 8.01. The molecule has 0 spiro atoms. The Kier molecular flexibility index (Phi) is 1.95. The maximum Gasteiger partial charge on any atom is 0.174 e. The number of nitrogens with two attached hydrogens (primary N) is 1. The van der Waals surface area contributed by atoms with Crippen molar-refractivity contribution in [3.05, 3.63) is 12.5 Å². The van der Waals surface area contributed by atoms with Crippen LogP contribution in [0.1, 0.15) is 13.8 Å². The number of nitrogens with zero attached hydrogens (tertiary/aromatic N) is 4. The van der Waals surface area contributed by atoms with Crippen LogP contribution in [0.4, 0.5) is 5.82 Å². The molecule has 2 heterocycles. The Morgan fingerprint density at radius 1 is 1.50 bits per heavy atom. The molecule has 0 unspecified atom stereocenters. The zero-order valence-electron chi connectivity index (χ0n) is 8.01. The molecule has 2 N–H and O–H groups in total. The van der Waals surface area contributed by atoms with Crippen LogP contribution in [0.25, 0.3) is 11.0 Å². The lowest BCUT2D eigenvalue weighted by Gasteiger charge is -2.09. The second kappa shape index (κ2) is 3.13. The summed E-state index contributed by atoms with van der Waals surface area (Å²) < 4.78 is 1.55. The van der Waals surface area contributed by atoms with Gasteiger partial charge in [0.2, 0.25) is 0 Å². The first-order chi connectivity index (χ1) is 6.68. The van der Waals surface area contributed by atoms with E-state index in [-0.39, 0.29) is 6.10 Å². The number of rotatable bonds is 2. The van der Waals surface area contributed by atoms with Gasteiger partial charge in [0.05, 0.1) is 6.20 Å². The molecule has 0 atom stereocenters. The number of hydrogen-bond donors (Lipinski definition) is 1. The average Bonchev–Trinajstić information content (AvgIpc) is 2.49. The van der Waals surface area contributed by atoms with Crippen molar-refractivity contribution in [2.45, 2.75) is 20.0 Å². The summed E-state index contributed by atoms with van der Waals surface area (Å²) in [7, 11) is 0. The van der Waals surface area contributed by atoms with Gasteiger partial charge in [-0.15, -0.1) is 5.10 Å². The van der Waals surface area contributed by atoms with Crippen molar-refractivity contribution in [1.29, 1.82) is 0 Å². The molecule has 0 saturated heterocycles. The monoisotopic (exact) mass is 193 g/mol. The van der Waals surface area contributed by atoms with E-state index in [1.807, 2.05) is 13.8 Å². The number of hydrogen-bond acceptors (Lipinski definition) is 5. The summed E-state index contributed by atoms with van der Waals surface area (Å²) in [4.78, 5) is 9.54. The minimum atomic E-state index is 0.0711. The van der Waals surface area contributed by atoms with E-state index in [0.717, 1.165) is 5.52 Å². The largest absolute Gasteiger partial charge is 0.410 e. The van der Waals surface area contributed by atoms with Crippen molar-refractivity contribution >= 4 is 16.9 Å². The third-order valence-corrected chi connectivity index (χ3v) is 1.68. The van der Waals surface area contributed by atoms with Crippen molar-refractivity contribution in [2.75, 3.05) is 5.73 Å². The molecule has 2 aromatic rings. The first kappa shape index (κ1) is 8.74. The maximum atomic E-state index is 5.60. The van der Waals surface area contributed by atoms with E-state index >= 15 is 0 Å². The first-order valence-corrected chi connectivity index (χ1v) is 4.30. The van der Waals surface area contributed by atoms with Gasteiger partial charge in [0.1, 0.15) is 23.5 Å². The summed E-state index contributed by atoms with van der Waals surface area (Å²) in [6.07, 6.45) is 3.20. The molecule has 2 rings (SSSR count). The van der Waals surface area contributed by atoms with E-state index in [0.29, 0.717) is 11.3 Å². The van der Waals surface area contributed by atoms with E-state index < -0.39 is 0 Å². The molecule has 0 aliphatic carbocycles. The van der Waals surface area contributed by atoms with Gasteiger partial charge in [-0.2, -0.15) is 9.83 Å². The summed E-state index contributed by atoms with van der Waals surface area (Å²) in [6.45, 7) is 3.87. The van der Waals surface area contributed by atoms with E-state index in [4.69, 9.17) is 10.6 Å². The predicted molar refractivity (Wildman–Crippen MR) is 51.5 cm³/mol. The van der Waals surface area contributed by atoms with Crippen molar-refractivity contribution in [3.8, 4) is 0 Å². The molecule has 0 radical (unpaired) electrons. The van der Waals surface area contributed by atoms with Gasteiger partial charge in [-0.05, 0) is 13.8 Å². The van der Waals surface area contributed by atoms with Gasteiger partial charge in [0.15, 0.2) is 5.82 Å². The van der Waals surface area contributed by atoms with E-state index in [1.54, 1.807) is 17.3 Å². The zero-order chi connectivity index (χ0) is 10.1. The lowest BCUT2D eigenvalue weighted by Crippen LogP contribution is -2.18. The topological polar surface area (TPSA) is 78.9 Å². The lowest BCUT2D eigenvalue weighted by atomic mass is 10.4.